The maximum Gasteiger partial charge on any atom is 0.227 e. The van der Waals surface area contributed by atoms with E-state index in [1.807, 2.05) is 55.1 Å². The maximum absolute atomic E-state index is 12.9. The summed E-state index contributed by atoms with van der Waals surface area (Å²) in [5.41, 5.74) is 3.97. The van der Waals surface area contributed by atoms with E-state index in [2.05, 4.69) is 22.3 Å². The normalized spacial score (nSPS) is 18.8. The minimum absolute atomic E-state index is 0.00646. The molecule has 2 saturated heterocycles. The second kappa shape index (κ2) is 11.0. The molecule has 1 amide bonds. The zero-order valence-electron chi connectivity index (χ0n) is 19.2. The van der Waals surface area contributed by atoms with E-state index in [1.54, 1.807) is 0 Å². The summed E-state index contributed by atoms with van der Waals surface area (Å²) in [6.07, 6.45) is 1.09. The van der Waals surface area contributed by atoms with Crippen LogP contribution in [0.4, 0.5) is 5.69 Å². The summed E-state index contributed by atoms with van der Waals surface area (Å²) >= 11 is 2.01. The third-order valence-corrected chi connectivity index (χ3v) is 9.26. The van der Waals surface area contributed by atoms with Gasteiger partial charge in [0, 0.05) is 55.8 Å². The van der Waals surface area contributed by atoms with Gasteiger partial charge >= 0.3 is 0 Å². The van der Waals surface area contributed by atoms with E-state index in [-0.39, 0.29) is 17.6 Å². The van der Waals surface area contributed by atoms with Gasteiger partial charge in [-0.15, -0.1) is 0 Å². The SMILES string of the molecule is Cc1cc(CN2CCSCC2)ccc1NC(=O)C1CCN(S(=O)(=O)Cc2ccccc2)CC1. The summed E-state index contributed by atoms with van der Waals surface area (Å²) in [5, 5.41) is 3.08. The quantitative estimate of drug-likeness (QED) is 0.645. The van der Waals surface area contributed by atoms with E-state index < -0.39 is 10.0 Å². The Labute approximate surface area is 201 Å². The number of amides is 1. The second-order valence-electron chi connectivity index (χ2n) is 8.94. The van der Waals surface area contributed by atoms with Gasteiger partial charge in [-0.25, -0.2) is 12.7 Å². The van der Waals surface area contributed by atoms with Crippen LogP contribution in [0.3, 0.4) is 0 Å². The van der Waals surface area contributed by atoms with Crippen LogP contribution >= 0.6 is 11.8 Å². The molecule has 33 heavy (non-hydrogen) atoms. The molecule has 0 bridgehead atoms. The van der Waals surface area contributed by atoms with Gasteiger partial charge in [-0.1, -0.05) is 42.5 Å². The maximum atomic E-state index is 12.9. The predicted octanol–water partition coefficient (Wildman–Crippen LogP) is 3.72. The van der Waals surface area contributed by atoms with Crippen LogP contribution in [0, 0.1) is 12.8 Å². The number of piperidine rings is 1. The average Bonchev–Trinajstić information content (AvgIpc) is 2.82. The molecule has 6 nitrogen and oxygen atoms in total. The van der Waals surface area contributed by atoms with E-state index in [4.69, 9.17) is 0 Å². The lowest BCUT2D eigenvalue weighted by molar-refractivity contribution is -0.120. The van der Waals surface area contributed by atoms with Crippen molar-refractivity contribution in [3.8, 4) is 0 Å². The van der Waals surface area contributed by atoms with E-state index in [1.165, 1.54) is 21.4 Å². The highest BCUT2D eigenvalue weighted by Gasteiger charge is 2.31. The van der Waals surface area contributed by atoms with Gasteiger partial charge in [-0.05, 0) is 42.5 Å². The summed E-state index contributed by atoms with van der Waals surface area (Å²) < 4.78 is 27.1. The van der Waals surface area contributed by atoms with Gasteiger partial charge in [0.1, 0.15) is 0 Å². The molecule has 1 N–H and O–H groups in total. The smallest absolute Gasteiger partial charge is 0.227 e. The third kappa shape index (κ3) is 6.59. The van der Waals surface area contributed by atoms with Crippen LogP contribution < -0.4 is 5.32 Å². The molecule has 2 aromatic rings. The van der Waals surface area contributed by atoms with Gasteiger partial charge in [0.25, 0.3) is 0 Å². The van der Waals surface area contributed by atoms with Gasteiger partial charge in [0.05, 0.1) is 5.75 Å². The Kier molecular flexibility index (Phi) is 8.11. The largest absolute Gasteiger partial charge is 0.326 e. The number of benzene rings is 2. The number of carbonyl (C=O) groups is 1. The van der Waals surface area contributed by atoms with Crippen LogP contribution in [-0.4, -0.2) is 61.2 Å². The van der Waals surface area contributed by atoms with Gasteiger partial charge in [0.2, 0.25) is 15.9 Å². The zero-order valence-corrected chi connectivity index (χ0v) is 20.8. The number of aryl methyl sites for hydroxylation is 1. The Balaban J connectivity index is 1.29. The molecular weight excluding hydrogens is 454 g/mol. The lowest BCUT2D eigenvalue weighted by atomic mass is 9.97. The van der Waals surface area contributed by atoms with Gasteiger partial charge in [-0.2, -0.15) is 11.8 Å². The Morgan fingerprint density at radius 3 is 2.36 bits per heavy atom. The number of thioether (sulfide) groups is 1. The number of carbonyl (C=O) groups excluding carboxylic acids is 1. The molecule has 0 spiro atoms. The highest BCUT2D eigenvalue weighted by Crippen LogP contribution is 2.25. The minimum atomic E-state index is -3.37. The number of nitrogens with zero attached hydrogens (tertiary/aromatic N) is 2. The van der Waals surface area contributed by atoms with Crippen molar-refractivity contribution in [1.82, 2.24) is 9.21 Å². The van der Waals surface area contributed by atoms with Crippen molar-refractivity contribution in [2.45, 2.75) is 32.1 Å². The lowest BCUT2D eigenvalue weighted by Gasteiger charge is -2.30. The average molecular weight is 488 g/mol. The first-order valence-electron chi connectivity index (χ1n) is 11.6. The molecule has 178 valence electrons. The van der Waals surface area contributed by atoms with Crippen molar-refractivity contribution in [3.05, 3.63) is 65.2 Å². The number of hydrogen-bond donors (Lipinski definition) is 1. The van der Waals surface area contributed by atoms with Crippen LogP contribution in [-0.2, 0) is 27.1 Å². The molecular formula is C25H33N3O3S2. The third-order valence-electron chi connectivity index (χ3n) is 6.47. The highest BCUT2D eigenvalue weighted by molar-refractivity contribution is 7.99. The molecule has 0 saturated carbocycles. The van der Waals surface area contributed by atoms with E-state index in [0.29, 0.717) is 25.9 Å². The number of anilines is 1. The van der Waals surface area contributed by atoms with Gasteiger partial charge < -0.3 is 5.32 Å². The molecule has 8 heteroatoms. The van der Waals surface area contributed by atoms with Crippen LogP contribution in [0.2, 0.25) is 0 Å². The first kappa shape index (κ1) is 24.3. The van der Waals surface area contributed by atoms with E-state index in [0.717, 1.165) is 36.4 Å². The van der Waals surface area contributed by atoms with Gasteiger partial charge in [0.15, 0.2) is 0 Å². The molecule has 2 fully saturated rings. The molecule has 0 atom stereocenters. The lowest BCUT2D eigenvalue weighted by Crippen LogP contribution is -2.41. The fraction of sp³-hybridized carbons (Fsp3) is 0.480. The molecule has 0 aromatic heterocycles. The molecule has 4 rings (SSSR count). The number of sulfonamides is 1. The molecule has 2 heterocycles. The monoisotopic (exact) mass is 487 g/mol. The van der Waals surface area contributed by atoms with Crippen molar-refractivity contribution < 1.29 is 13.2 Å². The van der Waals surface area contributed by atoms with Crippen molar-refractivity contribution in [2.75, 3.05) is 43.0 Å². The van der Waals surface area contributed by atoms with Crippen molar-refractivity contribution >= 4 is 33.4 Å². The number of rotatable bonds is 7. The van der Waals surface area contributed by atoms with Crippen molar-refractivity contribution in [1.29, 1.82) is 0 Å². The summed E-state index contributed by atoms with van der Waals surface area (Å²) in [5.74, 6) is 2.21. The highest BCUT2D eigenvalue weighted by atomic mass is 32.2. The van der Waals surface area contributed by atoms with Gasteiger partial charge in [-0.3, -0.25) is 9.69 Å². The minimum Gasteiger partial charge on any atom is -0.326 e. The molecule has 0 aliphatic carbocycles. The predicted molar refractivity (Wildman–Crippen MR) is 136 cm³/mol. The summed E-state index contributed by atoms with van der Waals surface area (Å²) in [4.78, 5) is 15.4. The number of nitrogens with one attached hydrogen (secondary N) is 1. The Bertz CT molecular complexity index is 1050. The Morgan fingerprint density at radius 1 is 1.00 bits per heavy atom. The first-order chi connectivity index (χ1) is 15.9. The van der Waals surface area contributed by atoms with E-state index in [9.17, 15) is 13.2 Å². The molecule has 2 aliphatic rings. The first-order valence-corrected chi connectivity index (χ1v) is 14.4. The molecule has 0 radical (unpaired) electrons. The number of hydrogen-bond acceptors (Lipinski definition) is 5. The molecule has 0 unspecified atom stereocenters. The van der Waals surface area contributed by atoms with E-state index >= 15 is 0 Å². The fourth-order valence-corrected chi connectivity index (χ4v) is 7.03. The summed E-state index contributed by atoms with van der Waals surface area (Å²) in [6, 6.07) is 15.5. The van der Waals surface area contributed by atoms with Crippen LogP contribution in [0.1, 0.15) is 29.5 Å². The molecule has 2 aliphatic heterocycles. The Morgan fingerprint density at radius 2 is 1.70 bits per heavy atom. The van der Waals surface area contributed by atoms with Crippen molar-refractivity contribution in [3.63, 3.8) is 0 Å². The zero-order chi connectivity index (χ0) is 23.3. The second-order valence-corrected chi connectivity index (χ2v) is 12.1. The van der Waals surface area contributed by atoms with Crippen molar-refractivity contribution in [2.24, 2.45) is 5.92 Å². The van der Waals surface area contributed by atoms with Crippen LogP contribution in [0.5, 0.6) is 0 Å². The topological polar surface area (TPSA) is 69.7 Å². The molecule has 2 aromatic carbocycles. The fourth-order valence-electron chi connectivity index (χ4n) is 4.49. The summed E-state index contributed by atoms with van der Waals surface area (Å²) in [6.45, 7) is 6.01. The Hall–Kier alpha value is -1.87. The summed E-state index contributed by atoms with van der Waals surface area (Å²) in [7, 11) is -3.37. The standard InChI is InChI=1S/C25H33N3O3S2/c1-20-17-22(18-27-13-15-32-16-14-27)7-8-24(20)26-25(29)23-9-11-28(12-10-23)33(30,31)19-21-5-3-2-4-6-21/h2-8,17,23H,9-16,18-19H2,1H3,(H,26,29). The van der Waals surface area contributed by atoms with Crippen LogP contribution in [0.15, 0.2) is 48.5 Å². The van der Waals surface area contributed by atoms with Crippen LogP contribution in [0.25, 0.3) is 0 Å².